The lowest BCUT2D eigenvalue weighted by molar-refractivity contribution is -0.121. The number of halogens is 1. The normalized spacial score (nSPS) is 22.8. The van der Waals surface area contributed by atoms with E-state index in [1.54, 1.807) is 4.90 Å². The average Bonchev–Trinajstić information content (AvgIpc) is 2.95. The maximum absolute atomic E-state index is 12.5. The van der Waals surface area contributed by atoms with Gasteiger partial charge >= 0.3 is 0 Å². The summed E-state index contributed by atoms with van der Waals surface area (Å²) in [5.41, 5.74) is 6.01. The third kappa shape index (κ3) is 2.41. The van der Waals surface area contributed by atoms with Crippen LogP contribution in [0.1, 0.15) is 35.8 Å². The van der Waals surface area contributed by atoms with Crippen molar-refractivity contribution in [3.8, 4) is 0 Å². The second-order valence-corrected chi connectivity index (χ2v) is 6.24. The van der Waals surface area contributed by atoms with Gasteiger partial charge in [-0.3, -0.25) is 9.59 Å². The number of nitrogens with two attached hydrogens (primary N) is 1. The highest BCUT2D eigenvalue weighted by atomic mass is 79.9. The van der Waals surface area contributed by atoms with Crippen LogP contribution >= 0.6 is 15.9 Å². The predicted octanol–water partition coefficient (Wildman–Crippen LogP) is 1.53. The molecule has 2 heterocycles. The summed E-state index contributed by atoms with van der Waals surface area (Å²) in [5, 5.41) is 0. The number of amides is 2. The van der Waals surface area contributed by atoms with E-state index in [0.29, 0.717) is 31.2 Å². The maximum Gasteiger partial charge on any atom is 0.270 e. The van der Waals surface area contributed by atoms with Crippen LogP contribution in [0.5, 0.6) is 0 Å². The van der Waals surface area contributed by atoms with Gasteiger partial charge in [-0.2, -0.15) is 0 Å². The fourth-order valence-corrected chi connectivity index (χ4v) is 3.05. The highest BCUT2D eigenvalue weighted by molar-refractivity contribution is 9.10. The minimum absolute atomic E-state index is 0.00125. The van der Waals surface area contributed by atoms with Crippen LogP contribution < -0.4 is 5.73 Å². The van der Waals surface area contributed by atoms with Gasteiger partial charge in [-0.05, 0) is 41.3 Å². The van der Waals surface area contributed by atoms with E-state index in [9.17, 15) is 9.59 Å². The zero-order valence-electron chi connectivity index (χ0n) is 10.5. The van der Waals surface area contributed by atoms with Gasteiger partial charge in [0.15, 0.2) is 0 Å². The highest BCUT2D eigenvalue weighted by Crippen LogP contribution is 2.38. The Hall–Kier alpha value is -1.30. The van der Waals surface area contributed by atoms with E-state index in [0.717, 1.165) is 17.3 Å². The zero-order chi connectivity index (χ0) is 13.6. The van der Waals surface area contributed by atoms with Gasteiger partial charge in [0.25, 0.3) is 5.91 Å². The lowest BCUT2D eigenvalue weighted by atomic mass is 10.1. The van der Waals surface area contributed by atoms with Crippen LogP contribution in [0.2, 0.25) is 0 Å². The summed E-state index contributed by atoms with van der Waals surface area (Å²) < 4.78 is 2.97. The maximum atomic E-state index is 12.5. The molecule has 0 aromatic carbocycles. The number of aromatic nitrogens is 1. The molecule has 1 saturated heterocycles. The first-order valence-corrected chi connectivity index (χ1v) is 7.31. The number of hydrogen-bond donors (Lipinski definition) is 1. The van der Waals surface area contributed by atoms with Crippen LogP contribution in [0.3, 0.4) is 0 Å². The Kier molecular flexibility index (Phi) is 3.12. The molecule has 2 aliphatic rings. The number of nitrogens with zero attached hydrogens (tertiary/aromatic N) is 2. The van der Waals surface area contributed by atoms with Crippen molar-refractivity contribution in [2.24, 2.45) is 11.7 Å². The molecule has 1 aliphatic carbocycles. The van der Waals surface area contributed by atoms with Crippen molar-refractivity contribution in [1.82, 2.24) is 9.47 Å². The molecule has 0 bridgehead atoms. The molecule has 1 atom stereocenters. The average molecular weight is 326 g/mol. The molecule has 2 fully saturated rings. The molecular formula is C13H16BrN3O2. The van der Waals surface area contributed by atoms with Crippen LogP contribution in [0, 0.1) is 5.92 Å². The number of carbonyl (C=O) groups excluding carboxylic acids is 2. The second-order valence-electron chi connectivity index (χ2n) is 5.32. The van der Waals surface area contributed by atoms with Crippen molar-refractivity contribution in [3.05, 3.63) is 22.4 Å². The SMILES string of the molecule is NC(=O)C1CCN(C(=O)c2cc(Br)cn2C2CC2)C1. The summed E-state index contributed by atoms with van der Waals surface area (Å²) in [6.45, 7) is 1.06. The molecule has 19 heavy (non-hydrogen) atoms. The van der Waals surface area contributed by atoms with E-state index in [4.69, 9.17) is 5.73 Å². The Morgan fingerprint density at radius 3 is 2.63 bits per heavy atom. The predicted molar refractivity (Wildman–Crippen MR) is 73.6 cm³/mol. The summed E-state index contributed by atoms with van der Waals surface area (Å²) in [6, 6.07) is 2.32. The number of primary amides is 1. The summed E-state index contributed by atoms with van der Waals surface area (Å²) in [5.74, 6) is -0.507. The van der Waals surface area contributed by atoms with E-state index in [1.165, 1.54) is 0 Å². The van der Waals surface area contributed by atoms with Gasteiger partial charge < -0.3 is 15.2 Å². The molecule has 1 aromatic heterocycles. The van der Waals surface area contributed by atoms with Crippen molar-refractivity contribution in [2.75, 3.05) is 13.1 Å². The Labute approximate surface area is 119 Å². The van der Waals surface area contributed by atoms with Gasteiger partial charge in [0.1, 0.15) is 5.69 Å². The molecule has 1 aliphatic heterocycles. The van der Waals surface area contributed by atoms with Gasteiger partial charge in [0.05, 0.1) is 5.92 Å². The standard InChI is InChI=1S/C13H16BrN3O2/c14-9-5-11(17(7-9)10-1-2-10)13(19)16-4-3-8(6-16)12(15)18/h5,7-8,10H,1-4,6H2,(H2,15,18). The van der Waals surface area contributed by atoms with Crippen molar-refractivity contribution in [1.29, 1.82) is 0 Å². The fraction of sp³-hybridized carbons (Fsp3) is 0.538. The molecule has 1 aromatic rings. The van der Waals surface area contributed by atoms with E-state index >= 15 is 0 Å². The molecule has 2 N–H and O–H groups in total. The third-order valence-electron chi connectivity index (χ3n) is 3.85. The monoisotopic (exact) mass is 325 g/mol. The van der Waals surface area contributed by atoms with Crippen LogP contribution in [-0.2, 0) is 4.79 Å². The summed E-state index contributed by atoms with van der Waals surface area (Å²) in [6.07, 6.45) is 4.90. The Bertz CT molecular complexity index is 536. The first-order chi connectivity index (χ1) is 9.06. The molecule has 0 spiro atoms. The van der Waals surface area contributed by atoms with Crippen LogP contribution in [0.4, 0.5) is 0 Å². The minimum atomic E-state index is -0.311. The third-order valence-corrected chi connectivity index (χ3v) is 4.29. The lowest BCUT2D eigenvalue weighted by Crippen LogP contribution is -2.32. The molecule has 3 rings (SSSR count). The van der Waals surface area contributed by atoms with E-state index in [2.05, 4.69) is 15.9 Å². The fourth-order valence-electron chi connectivity index (χ4n) is 2.61. The quantitative estimate of drug-likeness (QED) is 0.915. The topological polar surface area (TPSA) is 68.3 Å². The molecule has 5 nitrogen and oxygen atoms in total. The van der Waals surface area contributed by atoms with Gasteiger partial charge in [-0.15, -0.1) is 0 Å². The number of rotatable bonds is 3. The first kappa shape index (κ1) is 12.7. The zero-order valence-corrected chi connectivity index (χ0v) is 12.1. The molecule has 1 saturated carbocycles. The van der Waals surface area contributed by atoms with Gasteiger partial charge in [0, 0.05) is 29.8 Å². The van der Waals surface area contributed by atoms with E-state index < -0.39 is 0 Å². The van der Waals surface area contributed by atoms with Crippen LogP contribution in [0.25, 0.3) is 0 Å². The number of hydrogen-bond acceptors (Lipinski definition) is 2. The molecule has 102 valence electrons. The van der Waals surface area contributed by atoms with Gasteiger partial charge in [0.2, 0.25) is 5.91 Å². The molecular weight excluding hydrogens is 310 g/mol. The minimum Gasteiger partial charge on any atom is -0.369 e. The molecule has 1 unspecified atom stereocenters. The molecule has 2 amide bonds. The highest BCUT2D eigenvalue weighted by Gasteiger charge is 2.33. The van der Waals surface area contributed by atoms with Gasteiger partial charge in [-0.1, -0.05) is 0 Å². The van der Waals surface area contributed by atoms with Crippen molar-refractivity contribution >= 4 is 27.7 Å². The number of likely N-dealkylation sites (tertiary alicyclic amines) is 1. The summed E-state index contributed by atoms with van der Waals surface area (Å²) in [4.78, 5) is 25.4. The Balaban J connectivity index is 1.79. The Morgan fingerprint density at radius 2 is 2.05 bits per heavy atom. The molecule has 6 heteroatoms. The van der Waals surface area contributed by atoms with E-state index in [-0.39, 0.29) is 17.7 Å². The van der Waals surface area contributed by atoms with Crippen LogP contribution in [0.15, 0.2) is 16.7 Å². The molecule has 0 radical (unpaired) electrons. The van der Waals surface area contributed by atoms with Gasteiger partial charge in [-0.25, -0.2) is 0 Å². The smallest absolute Gasteiger partial charge is 0.270 e. The van der Waals surface area contributed by atoms with E-state index in [1.807, 2.05) is 16.8 Å². The Morgan fingerprint density at radius 1 is 1.32 bits per heavy atom. The lowest BCUT2D eigenvalue weighted by Gasteiger charge is -2.17. The van der Waals surface area contributed by atoms with Crippen molar-refractivity contribution in [3.63, 3.8) is 0 Å². The first-order valence-electron chi connectivity index (χ1n) is 6.52. The van der Waals surface area contributed by atoms with Crippen LogP contribution in [-0.4, -0.2) is 34.4 Å². The van der Waals surface area contributed by atoms with Crippen molar-refractivity contribution in [2.45, 2.75) is 25.3 Å². The second kappa shape index (κ2) is 4.67. The summed E-state index contributed by atoms with van der Waals surface area (Å²) >= 11 is 3.43. The largest absolute Gasteiger partial charge is 0.369 e. The van der Waals surface area contributed by atoms with Crippen molar-refractivity contribution < 1.29 is 9.59 Å². The summed E-state index contributed by atoms with van der Waals surface area (Å²) in [7, 11) is 0. The number of carbonyl (C=O) groups is 2.